The Kier molecular flexibility index (Phi) is 3.72. The molecule has 0 aromatic heterocycles. The topological polar surface area (TPSA) is 29.1 Å². The molecular weight excluding hydrogens is 292 g/mol. The van der Waals surface area contributed by atoms with Gasteiger partial charge in [0.1, 0.15) is 0 Å². The Morgan fingerprint density at radius 2 is 1.95 bits per heavy atom. The van der Waals surface area contributed by atoms with E-state index in [-0.39, 0.29) is 18.4 Å². The van der Waals surface area contributed by atoms with Crippen molar-refractivity contribution >= 4 is 17.7 Å². The van der Waals surface area contributed by atoms with Crippen molar-refractivity contribution in [1.82, 2.24) is 5.32 Å². The van der Waals surface area contributed by atoms with Crippen molar-refractivity contribution in [1.29, 1.82) is 0 Å². The van der Waals surface area contributed by atoms with Crippen molar-refractivity contribution in [2.75, 3.05) is 5.75 Å². The molecule has 0 saturated heterocycles. The molecule has 1 aromatic rings. The molecule has 2 fully saturated rings. The lowest BCUT2D eigenvalue weighted by Gasteiger charge is -2.36. The second kappa shape index (κ2) is 5.27. The summed E-state index contributed by atoms with van der Waals surface area (Å²) in [6, 6.07) is 7.87. The van der Waals surface area contributed by atoms with Crippen LogP contribution in [0.4, 0.5) is 8.78 Å². The molecule has 0 radical (unpaired) electrons. The largest absolute Gasteiger partial charge is 0.353 e. The Morgan fingerprint density at radius 1 is 1.33 bits per heavy atom. The van der Waals surface area contributed by atoms with Gasteiger partial charge in [0.2, 0.25) is 5.91 Å². The number of halogens is 2. The fraction of sp³-hybridized carbons (Fsp3) is 0.562. The number of carbonyl (C=O) groups is 1. The summed E-state index contributed by atoms with van der Waals surface area (Å²) in [5.74, 6) is -1.54. The molecule has 2 saturated carbocycles. The quantitative estimate of drug-likeness (QED) is 0.841. The van der Waals surface area contributed by atoms with E-state index in [9.17, 15) is 13.6 Å². The predicted molar refractivity (Wildman–Crippen MR) is 79.7 cm³/mol. The number of nitrogens with one attached hydrogen (secondary N) is 1. The molecule has 0 atom stereocenters. The summed E-state index contributed by atoms with van der Waals surface area (Å²) >= 11 is 1.76. The maximum Gasteiger partial charge on any atom is 0.254 e. The molecule has 114 valence electrons. The number of benzene rings is 1. The van der Waals surface area contributed by atoms with Crippen molar-refractivity contribution in [3.05, 3.63) is 29.8 Å². The van der Waals surface area contributed by atoms with Gasteiger partial charge in [0, 0.05) is 22.8 Å². The zero-order chi connectivity index (χ0) is 15.1. The minimum atomic E-state index is -2.49. The highest BCUT2D eigenvalue weighted by molar-refractivity contribution is 7.99. The number of rotatable bonds is 5. The van der Waals surface area contributed by atoms with E-state index >= 15 is 0 Å². The third kappa shape index (κ3) is 2.93. The maximum absolute atomic E-state index is 13.1. The second-order valence-electron chi connectivity index (χ2n) is 6.09. The lowest BCUT2D eigenvalue weighted by molar-refractivity contribution is -0.122. The molecule has 3 rings (SSSR count). The van der Waals surface area contributed by atoms with Gasteiger partial charge in [0.15, 0.2) is 0 Å². The van der Waals surface area contributed by atoms with E-state index in [1.807, 2.05) is 24.3 Å². The number of amides is 1. The van der Waals surface area contributed by atoms with Crippen LogP contribution in [0.25, 0.3) is 0 Å². The number of carbonyl (C=O) groups excluding carboxylic acids is 1. The first kappa shape index (κ1) is 14.8. The molecule has 21 heavy (non-hydrogen) atoms. The zero-order valence-electron chi connectivity index (χ0n) is 12.0. The van der Waals surface area contributed by atoms with E-state index in [1.54, 1.807) is 11.8 Å². The standard InChI is InChI=1S/C16H19F2NOS/c1-2-21-13-5-3-11(4-6-13)7-14(20)19-12-8-15(9-12)10-16(15,17)18/h3-6,12H,2,7-10H2,1H3,(H,19,20). The van der Waals surface area contributed by atoms with Crippen LogP contribution in [0.1, 0.15) is 31.7 Å². The molecule has 1 N–H and O–H groups in total. The Morgan fingerprint density at radius 3 is 2.48 bits per heavy atom. The first-order valence-electron chi connectivity index (χ1n) is 7.33. The summed E-state index contributed by atoms with van der Waals surface area (Å²) in [4.78, 5) is 13.1. The summed E-state index contributed by atoms with van der Waals surface area (Å²) in [7, 11) is 0. The Balaban J connectivity index is 1.45. The summed E-state index contributed by atoms with van der Waals surface area (Å²) in [5.41, 5.74) is 0.183. The van der Waals surface area contributed by atoms with E-state index in [4.69, 9.17) is 0 Å². The van der Waals surface area contributed by atoms with Crippen molar-refractivity contribution < 1.29 is 13.6 Å². The smallest absolute Gasteiger partial charge is 0.254 e. The fourth-order valence-corrected chi connectivity index (χ4v) is 3.81. The highest BCUT2D eigenvalue weighted by atomic mass is 32.2. The van der Waals surface area contributed by atoms with Gasteiger partial charge in [-0.15, -0.1) is 11.8 Å². The number of hydrogen-bond acceptors (Lipinski definition) is 2. The van der Waals surface area contributed by atoms with Crippen LogP contribution in [0.15, 0.2) is 29.2 Å². The Bertz CT molecular complexity index is 538. The predicted octanol–water partition coefficient (Wildman–Crippen LogP) is 3.65. The van der Waals surface area contributed by atoms with E-state index in [0.717, 1.165) is 11.3 Å². The van der Waals surface area contributed by atoms with Gasteiger partial charge in [-0.05, 0) is 36.3 Å². The van der Waals surface area contributed by atoms with Crippen LogP contribution in [0.3, 0.4) is 0 Å². The highest BCUT2D eigenvalue weighted by Gasteiger charge is 2.75. The fourth-order valence-electron chi connectivity index (χ4n) is 3.14. The third-order valence-corrected chi connectivity index (χ3v) is 5.34. The lowest BCUT2D eigenvalue weighted by Crippen LogP contribution is -2.47. The zero-order valence-corrected chi connectivity index (χ0v) is 12.8. The summed E-state index contributed by atoms with van der Waals surface area (Å²) in [6.45, 7) is 2.10. The van der Waals surface area contributed by atoms with Gasteiger partial charge in [-0.3, -0.25) is 4.79 Å². The summed E-state index contributed by atoms with van der Waals surface area (Å²) in [6.07, 6.45) is 1.18. The molecule has 1 spiro atoms. The molecule has 0 heterocycles. The number of hydrogen-bond donors (Lipinski definition) is 1. The normalized spacial score (nSPS) is 29.0. The Hall–Kier alpha value is -1.10. The van der Waals surface area contributed by atoms with Crippen molar-refractivity contribution in [2.45, 2.75) is 49.5 Å². The molecule has 1 aromatic carbocycles. The lowest BCUT2D eigenvalue weighted by atomic mass is 9.76. The van der Waals surface area contributed by atoms with Crippen molar-refractivity contribution in [2.24, 2.45) is 5.41 Å². The number of alkyl halides is 2. The van der Waals surface area contributed by atoms with E-state index in [0.29, 0.717) is 19.3 Å². The third-order valence-electron chi connectivity index (χ3n) is 4.45. The molecule has 0 unspecified atom stereocenters. The van der Waals surface area contributed by atoms with Gasteiger partial charge in [0.05, 0.1) is 6.42 Å². The van der Waals surface area contributed by atoms with E-state index < -0.39 is 11.3 Å². The van der Waals surface area contributed by atoms with E-state index in [2.05, 4.69) is 12.2 Å². The molecule has 2 aliphatic rings. The monoisotopic (exact) mass is 311 g/mol. The van der Waals surface area contributed by atoms with Gasteiger partial charge in [-0.25, -0.2) is 8.78 Å². The second-order valence-corrected chi connectivity index (χ2v) is 7.43. The molecule has 0 aliphatic heterocycles. The summed E-state index contributed by atoms with van der Waals surface area (Å²) < 4.78 is 26.2. The van der Waals surface area contributed by atoms with Crippen LogP contribution in [0.5, 0.6) is 0 Å². The molecule has 1 amide bonds. The minimum absolute atomic E-state index is 0.00290. The average molecular weight is 311 g/mol. The SMILES string of the molecule is CCSc1ccc(CC(=O)NC2CC3(C2)CC3(F)F)cc1. The van der Waals surface area contributed by atoms with Crippen LogP contribution in [0, 0.1) is 5.41 Å². The van der Waals surface area contributed by atoms with Gasteiger partial charge in [-0.2, -0.15) is 0 Å². The molecule has 2 nitrogen and oxygen atoms in total. The maximum atomic E-state index is 13.1. The summed E-state index contributed by atoms with van der Waals surface area (Å²) in [5, 5.41) is 2.86. The van der Waals surface area contributed by atoms with E-state index in [1.165, 1.54) is 4.90 Å². The van der Waals surface area contributed by atoms with Crippen molar-refractivity contribution in [3.8, 4) is 0 Å². The van der Waals surface area contributed by atoms with Crippen molar-refractivity contribution in [3.63, 3.8) is 0 Å². The molecule has 0 bridgehead atoms. The molecule has 2 aliphatic carbocycles. The molecular formula is C16H19F2NOS. The number of thioether (sulfide) groups is 1. The first-order chi connectivity index (χ1) is 9.94. The molecule has 5 heteroatoms. The first-order valence-corrected chi connectivity index (χ1v) is 8.32. The Labute approximate surface area is 127 Å². The van der Waals surface area contributed by atoms with Gasteiger partial charge in [-0.1, -0.05) is 19.1 Å². The minimum Gasteiger partial charge on any atom is -0.353 e. The average Bonchev–Trinajstić information content (AvgIpc) is 2.94. The van der Waals surface area contributed by atoms with Gasteiger partial charge < -0.3 is 5.32 Å². The van der Waals surface area contributed by atoms with Gasteiger partial charge in [0.25, 0.3) is 5.92 Å². The van der Waals surface area contributed by atoms with Crippen LogP contribution in [0.2, 0.25) is 0 Å². The van der Waals surface area contributed by atoms with Crippen LogP contribution < -0.4 is 5.32 Å². The van der Waals surface area contributed by atoms with Crippen LogP contribution in [-0.2, 0) is 11.2 Å². The van der Waals surface area contributed by atoms with Gasteiger partial charge >= 0.3 is 0 Å². The van der Waals surface area contributed by atoms with Crippen LogP contribution >= 0.6 is 11.8 Å². The van der Waals surface area contributed by atoms with Crippen LogP contribution in [-0.4, -0.2) is 23.6 Å². The highest BCUT2D eigenvalue weighted by Crippen LogP contribution is 2.70.